The van der Waals surface area contributed by atoms with Gasteiger partial charge in [-0.3, -0.25) is 9.69 Å². The number of rotatable bonds is 10. The minimum atomic E-state index is -0.770. The molecule has 1 aromatic carbocycles. The number of aliphatic carboxylic acids is 1. The predicted molar refractivity (Wildman–Crippen MR) is 136 cm³/mol. The number of allylic oxidation sites excluding steroid dienone is 3. The maximum absolute atomic E-state index is 10.6. The largest absolute Gasteiger partial charge is 0.481 e. The van der Waals surface area contributed by atoms with Crippen LogP contribution in [-0.4, -0.2) is 53.2 Å². The van der Waals surface area contributed by atoms with Gasteiger partial charge in [0.15, 0.2) is 5.13 Å². The van der Waals surface area contributed by atoms with Crippen molar-refractivity contribution in [1.29, 1.82) is 0 Å². The summed E-state index contributed by atoms with van der Waals surface area (Å²) >= 11 is 7.89. The molecule has 32 heavy (non-hydrogen) atoms. The molecule has 172 valence electrons. The first-order valence-corrected chi connectivity index (χ1v) is 12.3. The average Bonchev–Trinajstić information content (AvgIpc) is 3.15. The summed E-state index contributed by atoms with van der Waals surface area (Å²) in [5.41, 5.74) is 2.15. The molecular formula is C25H32ClN3O2S. The van der Waals surface area contributed by atoms with Crippen molar-refractivity contribution in [2.75, 3.05) is 31.1 Å². The Bertz CT molecular complexity index is 998. The molecule has 1 aliphatic heterocycles. The van der Waals surface area contributed by atoms with Crippen LogP contribution in [0.5, 0.6) is 0 Å². The standard InChI is InChI=1S/C25H32ClN3O2S/c1-4-19(8-6-5-7-9-24(30)31)16-28-12-13-29(21(17-28)14-18(2)3)25-27-22-11-10-20(26)15-23(22)32-25/h4-6,8,10-11,15,18,21H,1,7,9,12-14,16-17H2,2-3H3,(H,30,31)/b6-5-,19-8+/t21-/m0/s1. The van der Waals surface area contributed by atoms with Crippen LogP contribution in [0.3, 0.4) is 0 Å². The monoisotopic (exact) mass is 473 g/mol. The first-order valence-electron chi connectivity index (χ1n) is 11.1. The molecule has 3 rings (SSSR count). The summed E-state index contributed by atoms with van der Waals surface area (Å²) in [6.07, 6.45) is 9.57. The number of carboxylic acid groups (broad SMARTS) is 1. The maximum atomic E-state index is 10.6. The minimum Gasteiger partial charge on any atom is -0.481 e. The Morgan fingerprint density at radius 2 is 2.22 bits per heavy atom. The summed E-state index contributed by atoms with van der Waals surface area (Å²) in [6.45, 7) is 12.2. The van der Waals surface area contributed by atoms with Crippen LogP contribution in [0, 0.1) is 5.92 Å². The lowest BCUT2D eigenvalue weighted by Gasteiger charge is -2.42. The SMILES string of the molecule is C=C/C(=C\C=C/CCC(=O)O)CN1CCN(c2nc3ccc(Cl)cc3s2)[C@@H](CC(C)C)C1. The van der Waals surface area contributed by atoms with Crippen LogP contribution in [0.25, 0.3) is 10.2 Å². The van der Waals surface area contributed by atoms with E-state index in [1.165, 1.54) is 0 Å². The highest BCUT2D eigenvalue weighted by molar-refractivity contribution is 7.22. The van der Waals surface area contributed by atoms with Gasteiger partial charge in [-0.2, -0.15) is 0 Å². The van der Waals surface area contributed by atoms with Crippen LogP contribution in [0.2, 0.25) is 5.02 Å². The van der Waals surface area contributed by atoms with Gasteiger partial charge >= 0.3 is 5.97 Å². The van der Waals surface area contributed by atoms with E-state index in [4.69, 9.17) is 21.7 Å². The normalized spacial score (nSPS) is 18.2. The molecule has 0 radical (unpaired) electrons. The van der Waals surface area contributed by atoms with Gasteiger partial charge in [-0.15, -0.1) is 0 Å². The molecule has 1 N–H and O–H groups in total. The second-order valence-electron chi connectivity index (χ2n) is 8.63. The topological polar surface area (TPSA) is 56.7 Å². The lowest BCUT2D eigenvalue weighted by molar-refractivity contribution is -0.136. The Hall–Kier alpha value is -2.15. The minimum absolute atomic E-state index is 0.157. The number of halogens is 1. The van der Waals surface area contributed by atoms with Gasteiger partial charge in [0.1, 0.15) is 0 Å². The Balaban J connectivity index is 1.68. The van der Waals surface area contributed by atoms with E-state index < -0.39 is 5.97 Å². The molecule has 0 spiro atoms. The smallest absolute Gasteiger partial charge is 0.303 e. The molecule has 2 aromatic rings. The molecule has 1 aromatic heterocycles. The molecule has 1 fully saturated rings. The highest BCUT2D eigenvalue weighted by Crippen LogP contribution is 2.33. The summed E-state index contributed by atoms with van der Waals surface area (Å²) in [6, 6.07) is 6.29. The maximum Gasteiger partial charge on any atom is 0.303 e. The van der Waals surface area contributed by atoms with Gasteiger partial charge < -0.3 is 10.0 Å². The van der Waals surface area contributed by atoms with E-state index in [1.54, 1.807) is 11.3 Å². The lowest BCUT2D eigenvalue weighted by Crippen LogP contribution is -2.54. The van der Waals surface area contributed by atoms with Crippen molar-refractivity contribution in [2.45, 2.75) is 39.2 Å². The number of thiazole rings is 1. The number of benzene rings is 1. The van der Waals surface area contributed by atoms with E-state index in [0.717, 1.165) is 58.5 Å². The number of nitrogens with zero attached hydrogens (tertiary/aromatic N) is 3. The predicted octanol–water partition coefficient (Wildman–Crippen LogP) is 6.02. The summed E-state index contributed by atoms with van der Waals surface area (Å²) < 4.78 is 1.13. The number of carboxylic acids is 1. The van der Waals surface area contributed by atoms with Gasteiger partial charge in [-0.25, -0.2) is 4.98 Å². The first kappa shape index (κ1) is 24.5. The van der Waals surface area contributed by atoms with Crippen LogP contribution in [0.15, 0.2) is 54.7 Å². The summed E-state index contributed by atoms with van der Waals surface area (Å²) in [5, 5.41) is 10.6. The molecule has 1 aliphatic rings. The van der Waals surface area contributed by atoms with Crippen molar-refractivity contribution in [1.82, 2.24) is 9.88 Å². The number of anilines is 1. The fourth-order valence-electron chi connectivity index (χ4n) is 4.01. The summed E-state index contributed by atoms with van der Waals surface area (Å²) in [5.74, 6) is -0.175. The van der Waals surface area contributed by atoms with E-state index in [9.17, 15) is 4.79 Å². The highest BCUT2D eigenvalue weighted by Gasteiger charge is 2.29. The number of aromatic nitrogens is 1. The van der Waals surface area contributed by atoms with Crippen molar-refractivity contribution in [3.8, 4) is 0 Å². The molecule has 1 saturated heterocycles. The van der Waals surface area contributed by atoms with E-state index in [0.29, 0.717) is 18.4 Å². The van der Waals surface area contributed by atoms with Gasteiger partial charge in [0.05, 0.1) is 10.2 Å². The summed E-state index contributed by atoms with van der Waals surface area (Å²) in [7, 11) is 0. The molecule has 1 atom stereocenters. The van der Waals surface area contributed by atoms with Gasteiger partial charge in [-0.1, -0.05) is 67.7 Å². The summed E-state index contributed by atoms with van der Waals surface area (Å²) in [4.78, 5) is 20.5. The number of hydrogen-bond acceptors (Lipinski definition) is 5. The van der Waals surface area contributed by atoms with E-state index in [-0.39, 0.29) is 6.42 Å². The Labute approximate surface area is 199 Å². The number of fused-ring (bicyclic) bond motifs is 1. The van der Waals surface area contributed by atoms with E-state index in [2.05, 4.69) is 30.2 Å². The third-order valence-corrected chi connectivity index (χ3v) is 6.83. The van der Waals surface area contributed by atoms with Gasteiger partial charge in [0, 0.05) is 43.7 Å². The quantitative estimate of drug-likeness (QED) is 0.427. The molecule has 0 saturated carbocycles. The third kappa shape index (κ3) is 6.92. The second kappa shape index (κ2) is 11.6. The Morgan fingerprint density at radius 3 is 2.94 bits per heavy atom. The molecule has 0 aliphatic carbocycles. The second-order valence-corrected chi connectivity index (χ2v) is 10.1. The first-order chi connectivity index (χ1) is 15.4. The van der Waals surface area contributed by atoms with Crippen molar-refractivity contribution in [3.05, 3.63) is 59.7 Å². The highest BCUT2D eigenvalue weighted by atomic mass is 35.5. The fraction of sp³-hybridized carbons (Fsp3) is 0.440. The van der Waals surface area contributed by atoms with Crippen LogP contribution in [-0.2, 0) is 4.79 Å². The molecule has 7 heteroatoms. The average molecular weight is 474 g/mol. The van der Waals surface area contributed by atoms with Crippen LogP contribution in [0.1, 0.15) is 33.1 Å². The van der Waals surface area contributed by atoms with E-state index in [1.807, 2.05) is 42.5 Å². The van der Waals surface area contributed by atoms with Crippen LogP contribution >= 0.6 is 22.9 Å². The molecule has 0 bridgehead atoms. The van der Waals surface area contributed by atoms with Gasteiger partial charge in [0.25, 0.3) is 0 Å². The zero-order valence-electron chi connectivity index (χ0n) is 18.8. The number of piperazine rings is 1. The van der Waals surface area contributed by atoms with Crippen LogP contribution in [0.4, 0.5) is 5.13 Å². The Kier molecular flexibility index (Phi) is 8.91. The van der Waals surface area contributed by atoms with Gasteiger partial charge in [0.2, 0.25) is 0 Å². The zero-order chi connectivity index (χ0) is 23.1. The molecular weight excluding hydrogens is 442 g/mol. The fourth-order valence-corrected chi connectivity index (χ4v) is 5.35. The van der Waals surface area contributed by atoms with Crippen LogP contribution < -0.4 is 4.90 Å². The van der Waals surface area contributed by atoms with Gasteiger partial charge in [-0.05, 0) is 42.5 Å². The zero-order valence-corrected chi connectivity index (χ0v) is 20.4. The van der Waals surface area contributed by atoms with Crippen molar-refractivity contribution < 1.29 is 9.90 Å². The Morgan fingerprint density at radius 1 is 1.41 bits per heavy atom. The molecule has 2 heterocycles. The molecule has 0 amide bonds. The van der Waals surface area contributed by atoms with E-state index >= 15 is 0 Å². The molecule has 0 unspecified atom stereocenters. The lowest BCUT2D eigenvalue weighted by atomic mass is 10.00. The molecule has 5 nitrogen and oxygen atoms in total. The van der Waals surface area contributed by atoms with Crippen molar-refractivity contribution in [3.63, 3.8) is 0 Å². The number of carbonyl (C=O) groups is 1. The number of hydrogen-bond donors (Lipinski definition) is 1. The third-order valence-electron chi connectivity index (χ3n) is 5.53. The van der Waals surface area contributed by atoms with Crippen molar-refractivity contribution in [2.24, 2.45) is 5.92 Å². The van der Waals surface area contributed by atoms with Crippen molar-refractivity contribution >= 4 is 44.3 Å².